The van der Waals surface area contributed by atoms with Gasteiger partial charge in [-0.3, -0.25) is 9.59 Å². The van der Waals surface area contributed by atoms with Crippen molar-refractivity contribution >= 4 is 39.5 Å². The smallest absolute Gasteiger partial charge is 0.257 e. The first kappa shape index (κ1) is 20.1. The first-order valence-corrected chi connectivity index (χ1v) is 11.3. The lowest BCUT2D eigenvalue weighted by molar-refractivity contribution is 0.0999. The molecule has 0 bridgehead atoms. The van der Waals surface area contributed by atoms with E-state index in [9.17, 15) is 9.59 Å². The van der Waals surface area contributed by atoms with Crippen LogP contribution in [0.15, 0.2) is 11.4 Å². The first-order valence-electron chi connectivity index (χ1n) is 9.59. The fraction of sp³-hybridized carbons (Fsp3) is 0.524. The van der Waals surface area contributed by atoms with Crippen molar-refractivity contribution in [3.05, 3.63) is 37.9 Å². The van der Waals surface area contributed by atoms with Gasteiger partial charge in [-0.25, -0.2) is 0 Å². The van der Waals surface area contributed by atoms with Crippen LogP contribution >= 0.6 is 22.7 Å². The Balaban J connectivity index is 1.88. The molecule has 0 saturated heterocycles. The Morgan fingerprint density at radius 1 is 1.33 bits per heavy atom. The molecule has 1 aliphatic carbocycles. The van der Waals surface area contributed by atoms with Crippen LogP contribution in [0, 0.1) is 11.3 Å². The number of carbonyl (C=O) groups is 2. The van der Waals surface area contributed by atoms with Gasteiger partial charge in [0.25, 0.3) is 11.8 Å². The van der Waals surface area contributed by atoms with Gasteiger partial charge < -0.3 is 11.1 Å². The van der Waals surface area contributed by atoms with Crippen LogP contribution < -0.4 is 11.1 Å². The van der Waals surface area contributed by atoms with E-state index in [0.29, 0.717) is 22.0 Å². The summed E-state index contributed by atoms with van der Waals surface area (Å²) in [4.78, 5) is 27.2. The van der Waals surface area contributed by atoms with Crippen molar-refractivity contribution in [2.45, 2.75) is 59.8 Å². The average Bonchev–Trinajstić information content (AvgIpc) is 3.25. The van der Waals surface area contributed by atoms with Crippen molar-refractivity contribution in [1.29, 1.82) is 0 Å². The van der Waals surface area contributed by atoms with E-state index in [-0.39, 0.29) is 11.3 Å². The van der Waals surface area contributed by atoms with E-state index in [1.54, 1.807) is 11.3 Å². The van der Waals surface area contributed by atoms with Gasteiger partial charge in [-0.05, 0) is 48.6 Å². The maximum absolute atomic E-state index is 12.7. The van der Waals surface area contributed by atoms with Crippen molar-refractivity contribution in [1.82, 2.24) is 0 Å². The van der Waals surface area contributed by atoms with Crippen LogP contribution in [0.1, 0.15) is 76.6 Å². The molecule has 2 aromatic rings. The minimum absolute atomic E-state index is 0.169. The molecule has 1 atom stereocenters. The highest BCUT2D eigenvalue weighted by Gasteiger charge is 2.35. The Hall–Kier alpha value is -1.66. The topological polar surface area (TPSA) is 72.2 Å². The molecule has 0 aromatic carbocycles. The normalized spacial score (nSPS) is 16.8. The molecule has 6 heteroatoms. The number of hydrogen-bond acceptors (Lipinski definition) is 4. The first-order chi connectivity index (χ1) is 12.8. The minimum Gasteiger partial charge on any atom is -0.365 e. The maximum atomic E-state index is 12.7. The molecule has 2 aromatic heterocycles. The number of aryl methyl sites for hydroxylation is 1. The lowest BCUT2D eigenvalue weighted by Crippen LogP contribution is -2.29. The summed E-state index contributed by atoms with van der Waals surface area (Å²) in [5.41, 5.74) is 8.16. The van der Waals surface area contributed by atoms with Crippen LogP contribution in [0.4, 0.5) is 5.00 Å². The maximum Gasteiger partial charge on any atom is 0.257 e. The number of carbonyl (C=O) groups excluding carboxylic acids is 2. The van der Waals surface area contributed by atoms with Crippen LogP contribution in [-0.4, -0.2) is 11.8 Å². The SMILES string of the molecule is CCc1cc(C(=O)Nc2sc3c(c2C(N)=O)CCC(C(C)(C)CC)C3)cs1. The monoisotopic (exact) mass is 404 g/mol. The zero-order valence-corrected chi connectivity index (χ0v) is 18.1. The Labute approximate surface area is 169 Å². The molecule has 0 radical (unpaired) electrons. The van der Waals surface area contributed by atoms with Crippen molar-refractivity contribution in [2.24, 2.45) is 17.1 Å². The van der Waals surface area contributed by atoms with Gasteiger partial charge >= 0.3 is 0 Å². The quantitative estimate of drug-likeness (QED) is 0.689. The second kappa shape index (κ2) is 7.76. The van der Waals surface area contributed by atoms with Crippen LogP contribution in [0.2, 0.25) is 0 Å². The number of rotatable bonds is 6. The minimum atomic E-state index is -0.449. The number of nitrogens with one attached hydrogen (secondary N) is 1. The number of amides is 2. The third-order valence-electron chi connectivity index (χ3n) is 6.02. The van der Waals surface area contributed by atoms with Gasteiger partial charge in [0.2, 0.25) is 0 Å². The van der Waals surface area contributed by atoms with Crippen molar-refractivity contribution in [3.8, 4) is 0 Å². The highest BCUT2D eigenvalue weighted by atomic mass is 32.1. The van der Waals surface area contributed by atoms with E-state index in [4.69, 9.17) is 5.73 Å². The molecule has 0 spiro atoms. The molecular weight excluding hydrogens is 376 g/mol. The molecule has 0 saturated carbocycles. The fourth-order valence-corrected chi connectivity index (χ4v) is 5.89. The third kappa shape index (κ3) is 3.97. The van der Waals surface area contributed by atoms with Gasteiger partial charge in [0, 0.05) is 15.1 Å². The third-order valence-corrected chi connectivity index (χ3v) is 8.27. The van der Waals surface area contributed by atoms with Crippen molar-refractivity contribution < 1.29 is 9.59 Å². The Bertz CT molecular complexity index is 864. The fourth-order valence-electron chi connectivity index (χ4n) is 3.75. The van der Waals surface area contributed by atoms with Crippen LogP contribution in [-0.2, 0) is 19.3 Å². The summed E-state index contributed by atoms with van der Waals surface area (Å²) in [6.45, 7) is 8.93. The van der Waals surface area contributed by atoms with E-state index in [1.165, 1.54) is 21.1 Å². The molecule has 2 heterocycles. The zero-order valence-electron chi connectivity index (χ0n) is 16.5. The van der Waals surface area contributed by atoms with Gasteiger partial charge in [0.15, 0.2) is 0 Å². The van der Waals surface area contributed by atoms with E-state index in [2.05, 4.69) is 33.0 Å². The van der Waals surface area contributed by atoms with E-state index >= 15 is 0 Å². The Morgan fingerprint density at radius 2 is 2.07 bits per heavy atom. The van der Waals surface area contributed by atoms with E-state index in [0.717, 1.165) is 37.7 Å². The van der Waals surface area contributed by atoms with Gasteiger partial charge in [0.1, 0.15) is 5.00 Å². The largest absolute Gasteiger partial charge is 0.365 e. The van der Waals surface area contributed by atoms with Gasteiger partial charge in [0.05, 0.1) is 11.1 Å². The second-order valence-corrected chi connectivity index (χ2v) is 10.1. The molecule has 4 nitrogen and oxygen atoms in total. The summed E-state index contributed by atoms with van der Waals surface area (Å²) in [5.74, 6) is -0.0324. The highest BCUT2D eigenvalue weighted by Crippen LogP contribution is 2.45. The lowest BCUT2D eigenvalue weighted by Gasteiger charge is -2.36. The number of thiophene rings is 2. The molecule has 1 unspecified atom stereocenters. The summed E-state index contributed by atoms with van der Waals surface area (Å²) in [5, 5.41) is 5.43. The summed E-state index contributed by atoms with van der Waals surface area (Å²) >= 11 is 3.11. The van der Waals surface area contributed by atoms with Crippen LogP contribution in [0.5, 0.6) is 0 Å². The lowest BCUT2D eigenvalue weighted by atomic mass is 9.69. The Kier molecular flexibility index (Phi) is 5.77. The van der Waals surface area contributed by atoms with Crippen LogP contribution in [0.25, 0.3) is 0 Å². The zero-order chi connectivity index (χ0) is 19.8. The predicted octanol–water partition coefficient (Wildman–Crippen LogP) is 5.26. The summed E-state index contributed by atoms with van der Waals surface area (Å²) < 4.78 is 0. The molecule has 0 aliphatic heterocycles. The standard InChI is InChI=1S/C21H28N2O2S2/c1-5-14-9-12(11-26-14)19(25)23-20-17(18(22)24)15-8-7-13(10-16(15)27-20)21(3,4)6-2/h9,11,13H,5-8,10H2,1-4H3,(H2,22,24)(H,23,25). The van der Waals surface area contributed by atoms with Crippen molar-refractivity contribution in [3.63, 3.8) is 0 Å². The number of fused-ring (bicyclic) bond motifs is 1. The Morgan fingerprint density at radius 3 is 2.67 bits per heavy atom. The number of anilines is 1. The molecule has 3 rings (SSSR count). The van der Waals surface area contributed by atoms with Gasteiger partial charge in [-0.15, -0.1) is 22.7 Å². The summed E-state index contributed by atoms with van der Waals surface area (Å²) in [6.07, 6.45) is 4.90. The molecule has 27 heavy (non-hydrogen) atoms. The molecule has 0 fully saturated rings. The summed E-state index contributed by atoms with van der Waals surface area (Å²) in [6, 6.07) is 1.91. The predicted molar refractivity (Wildman–Crippen MR) is 114 cm³/mol. The summed E-state index contributed by atoms with van der Waals surface area (Å²) in [7, 11) is 0. The van der Waals surface area contributed by atoms with Crippen LogP contribution in [0.3, 0.4) is 0 Å². The van der Waals surface area contributed by atoms with E-state index < -0.39 is 5.91 Å². The second-order valence-electron chi connectivity index (χ2n) is 7.96. The van der Waals surface area contributed by atoms with E-state index in [1.807, 2.05) is 11.4 Å². The van der Waals surface area contributed by atoms with Gasteiger partial charge in [-0.2, -0.15) is 0 Å². The molecule has 3 N–H and O–H groups in total. The number of hydrogen-bond donors (Lipinski definition) is 2. The van der Waals surface area contributed by atoms with Gasteiger partial charge in [-0.1, -0.05) is 34.1 Å². The number of primary amides is 1. The highest BCUT2D eigenvalue weighted by molar-refractivity contribution is 7.17. The molecule has 2 amide bonds. The molecule has 1 aliphatic rings. The average molecular weight is 405 g/mol. The van der Waals surface area contributed by atoms with Crippen molar-refractivity contribution in [2.75, 3.05) is 5.32 Å². The molecule has 146 valence electrons. The molecular formula is C21H28N2O2S2. The number of nitrogens with two attached hydrogens (primary N) is 1.